The van der Waals surface area contributed by atoms with Gasteiger partial charge in [-0.3, -0.25) is 13.9 Å². The second-order valence-corrected chi connectivity index (χ2v) is 12.5. The van der Waals surface area contributed by atoms with Crippen LogP contribution in [0.2, 0.25) is 10.0 Å². The lowest BCUT2D eigenvalue weighted by Gasteiger charge is -2.34. The van der Waals surface area contributed by atoms with Crippen LogP contribution in [0.4, 0.5) is 5.69 Å². The summed E-state index contributed by atoms with van der Waals surface area (Å²) in [5, 5.41) is 3.31. The molecular formula is C33H33Cl2N3O4S. The van der Waals surface area contributed by atoms with E-state index in [1.807, 2.05) is 49.4 Å². The van der Waals surface area contributed by atoms with Crippen molar-refractivity contribution >= 4 is 50.7 Å². The number of anilines is 1. The summed E-state index contributed by atoms with van der Waals surface area (Å²) in [4.78, 5) is 29.2. The van der Waals surface area contributed by atoms with Gasteiger partial charge in [-0.2, -0.15) is 0 Å². The molecule has 10 heteroatoms. The summed E-state index contributed by atoms with van der Waals surface area (Å²) in [7, 11) is -2.69. The van der Waals surface area contributed by atoms with Gasteiger partial charge in [-0.1, -0.05) is 103 Å². The standard InChI is InChI=1S/C33H33Cl2N3O4S/c1-3-25-15-10-11-20-30(25)38(43(41,42)26-16-8-5-9-17-26)23-32(39)37(22-27-28(34)18-12-19-29(27)35)31(33(40)36-2)21-24-13-6-4-7-14-24/h4-20,31H,3,21-23H2,1-2H3,(H,36,40)/t31-/m1/s1. The first-order valence-electron chi connectivity index (χ1n) is 13.8. The van der Waals surface area contributed by atoms with Gasteiger partial charge in [0.25, 0.3) is 10.0 Å². The minimum Gasteiger partial charge on any atom is -0.357 e. The third-order valence-corrected chi connectivity index (χ3v) is 9.64. The third kappa shape index (κ3) is 7.57. The van der Waals surface area contributed by atoms with Crippen LogP contribution in [0.1, 0.15) is 23.6 Å². The molecule has 4 aromatic carbocycles. The number of para-hydroxylation sites is 1. The Balaban J connectivity index is 1.84. The van der Waals surface area contributed by atoms with E-state index in [4.69, 9.17) is 23.2 Å². The number of likely N-dealkylation sites (N-methyl/N-ethyl adjacent to an activating group) is 1. The lowest BCUT2D eigenvalue weighted by atomic mass is 10.0. The minimum atomic E-state index is -4.18. The van der Waals surface area contributed by atoms with Crippen molar-refractivity contribution in [2.75, 3.05) is 17.9 Å². The molecule has 0 aliphatic heterocycles. The molecular weight excluding hydrogens is 605 g/mol. The number of sulfonamides is 1. The van der Waals surface area contributed by atoms with Crippen molar-refractivity contribution in [3.05, 3.63) is 130 Å². The van der Waals surface area contributed by atoms with Gasteiger partial charge < -0.3 is 10.2 Å². The van der Waals surface area contributed by atoms with Crippen molar-refractivity contribution in [3.63, 3.8) is 0 Å². The molecule has 4 rings (SSSR count). The zero-order chi connectivity index (χ0) is 31.0. The molecule has 224 valence electrons. The highest BCUT2D eigenvalue weighted by Crippen LogP contribution is 2.30. The van der Waals surface area contributed by atoms with Crippen LogP contribution in [0.25, 0.3) is 0 Å². The average molecular weight is 639 g/mol. The molecule has 0 radical (unpaired) electrons. The predicted molar refractivity (Wildman–Crippen MR) is 172 cm³/mol. The van der Waals surface area contributed by atoms with Crippen LogP contribution in [-0.2, 0) is 39.0 Å². The highest BCUT2D eigenvalue weighted by molar-refractivity contribution is 7.92. The molecule has 0 aromatic heterocycles. The van der Waals surface area contributed by atoms with Crippen molar-refractivity contribution in [2.45, 2.75) is 37.2 Å². The van der Waals surface area contributed by atoms with E-state index in [9.17, 15) is 18.0 Å². The Morgan fingerprint density at radius 3 is 2.00 bits per heavy atom. The van der Waals surface area contributed by atoms with Gasteiger partial charge in [-0.05, 0) is 47.9 Å². The minimum absolute atomic E-state index is 0.0431. The lowest BCUT2D eigenvalue weighted by molar-refractivity contribution is -0.139. The van der Waals surface area contributed by atoms with Crippen LogP contribution in [0.5, 0.6) is 0 Å². The van der Waals surface area contributed by atoms with Gasteiger partial charge in [0.2, 0.25) is 11.8 Å². The highest BCUT2D eigenvalue weighted by Gasteiger charge is 2.35. The van der Waals surface area contributed by atoms with Crippen LogP contribution >= 0.6 is 23.2 Å². The molecule has 0 saturated heterocycles. The molecule has 0 saturated carbocycles. The second kappa shape index (κ2) is 14.6. The fraction of sp³-hybridized carbons (Fsp3) is 0.212. The van der Waals surface area contributed by atoms with Crippen molar-refractivity contribution in [2.24, 2.45) is 0 Å². The number of nitrogens with one attached hydrogen (secondary N) is 1. The van der Waals surface area contributed by atoms with Crippen molar-refractivity contribution < 1.29 is 18.0 Å². The number of aryl methyl sites for hydroxylation is 1. The number of halogens is 2. The highest BCUT2D eigenvalue weighted by atomic mass is 35.5. The third-order valence-electron chi connectivity index (χ3n) is 7.16. The van der Waals surface area contributed by atoms with Crippen LogP contribution in [0, 0.1) is 0 Å². The number of hydrogen-bond acceptors (Lipinski definition) is 4. The smallest absolute Gasteiger partial charge is 0.264 e. The van der Waals surface area contributed by atoms with Gasteiger partial charge in [0, 0.05) is 35.6 Å². The van der Waals surface area contributed by atoms with Crippen LogP contribution < -0.4 is 9.62 Å². The maximum Gasteiger partial charge on any atom is 0.264 e. The fourth-order valence-electron chi connectivity index (χ4n) is 4.86. The zero-order valence-corrected chi connectivity index (χ0v) is 26.2. The number of hydrogen-bond donors (Lipinski definition) is 1. The molecule has 1 atom stereocenters. The zero-order valence-electron chi connectivity index (χ0n) is 23.9. The summed E-state index contributed by atoms with van der Waals surface area (Å²) in [5.74, 6) is -1.00. The fourth-order valence-corrected chi connectivity index (χ4v) is 6.85. The molecule has 7 nitrogen and oxygen atoms in total. The number of rotatable bonds is 12. The van der Waals surface area contributed by atoms with E-state index in [2.05, 4.69) is 5.32 Å². The Labute approximate surface area is 263 Å². The Morgan fingerprint density at radius 2 is 1.40 bits per heavy atom. The lowest BCUT2D eigenvalue weighted by Crippen LogP contribution is -2.53. The first-order valence-corrected chi connectivity index (χ1v) is 16.0. The first kappa shape index (κ1) is 32.1. The van der Waals surface area contributed by atoms with Gasteiger partial charge in [-0.25, -0.2) is 8.42 Å². The maximum atomic E-state index is 14.4. The Bertz CT molecular complexity index is 1650. The molecule has 0 fully saturated rings. The van der Waals surface area contributed by atoms with Gasteiger partial charge in [0.15, 0.2) is 0 Å². The molecule has 1 N–H and O–H groups in total. The first-order chi connectivity index (χ1) is 20.7. The van der Waals surface area contributed by atoms with E-state index in [-0.39, 0.29) is 17.9 Å². The summed E-state index contributed by atoms with van der Waals surface area (Å²) < 4.78 is 29.3. The molecule has 0 aliphatic carbocycles. The van der Waals surface area contributed by atoms with Crippen molar-refractivity contribution in [1.29, 1.82) is 0 Å². The predicted octanol–water partition coefficient (Wildman–Crippen LogP) is 6.14. The topological polar surface area (TPSA) is 86.8 Å². The van der Waals surface area contributed by atoms with Crippen molar-refractivity contribution in [3.8, 4) is 0 Å². The van der Waals surface area contributed by atoms with Crippen LogP contribution in [-0.4, -0.2) is 44.8 Å². The quantitative estimate of drug-likeness (QED) is 0.202. The van der Waals surface area contributed by atoms with Crippen LogP contribution in [0.3, 0.4) is 0 Å². The average Bonchev–Trinajstić information content (AvgIpc) is 3.03. The summed E-state index contributed by atoms with van der Waals surface area (Å²) >= 11 is 13.0. The number of carbonyl (C=O) groups excluding carboxylic acids is 2. The van der Waals surface area contributed by atoms with E-state index in [0.717, 1.165) is 15.4 Å². The monoisotopic (exact) mass is 637 g/mol. The van der Waals surface area contributed by atoms with Gasteiger partial charge in [0.1, 0.15) is 12.6 Å². The van der Waals surface area contributed by atoms with Crippen LogP contribution in [0.15, 0.2) is 108 Å². The van der Waals surface area contributed by atoms with E-state index >= 15 is 0 Å². The SMILES string of the molecule is CCc1ccccc1N(CC(=O)N(Cc1c(Cl)cccc1Cl)[C@H](Cc1ccccc1)C(=O)NC)S(=O)(=O)c1ccccc1. The number of nitrogens with zero attached hydrogens (tertiary/aromatic N) is 2. The Morgan fingerprint density at radius 1 is 0.814 bits per heavy atom. The van der Waals surface area contributed by atoms with E-state index in [1.54, 1.807) is 48.5 Å². The van der Waals surface area contributed by atoms with Gasteiger partial charge in [-0.15, -0.1) is 0 Å². The van der Waals surface area contributed by atoms with Crippen molar-refractivity contribution in [1.82, 2.24) is 10.2 Å². The summed E-state index contributed by atoms with van der Waals surface area (Å²) in [6, 6.07) is 28.3. The van der Waals surface area contributed by atoms with E-state index in [1.165, 1.54) is 24.1 Å². The molecule has 0 spiro atoms. The molecule has 43 heavy (non-hydrogen) atoms. The summed E-state index contributed by atoms with van der Waals surface area (Å²) in [5.41, 5.74) is 2.41. The molecule has 0 unspecified atom stereocenters. The van der Waals surface area contributed by atoms with Gasteiger partial charge in [0.05, 0.1) is 10.6 Å². The second-order valence-electron chi connectivity index (χ2n) is 9.85. The summed E-state index contributed by atoms with van der Waals surface area (Å²) in [6.07, 6.45) is 0.726. The number of benzene rings is 4. The Kier molecular flexibility index (Phi) is 10.9. The number of carbonyl (C=O) groups is 2. The largest absolute Gasteiger partial charge is 0.357 e. The van der Waals surface area contributed by atoms with E-state index < -0.39 is 34.4 Å². The summed E-state index contributed by atoms with van der Waals surface area (Å²) in [6.45, 7) is 1.25. The Hall–Kier alpha value is -3.85. The molecule has 0 heterocycles. The van der Waals surface area contributed by atoms with E-state index in [0.29, 0.717) is 27.7 Å². The molecule has 0 bridgehead atoms. The molecule has 2 amide bonds. The number of amides is 2. The maximum absolute atomic E-state index is 14.4. The molecule has 0 aliphatic rings. The van der Waals surface area contributed by atoms with Gasteiger partial charge >= 0.3 is 0 Å². The normalized spacial score (nSPS) is 11.9. The molecule has 4 aromatic rings.